The number of amides is 1. The van der Waals surface area contributed by atoms with Crippen LogP contribution in [0.5, 0.6) is 17.2 Å². The number of carbonyl (C=O) groups is 1. The van der Waals surface area contributed by atoms with E-state index in [0.717, 1.165) is 0 Å². The summed E-state index contributed by atoms with van der Waals surface area (Å²) in [6.45, 7) is 0.218. The van der Waals surface area contributed by atoms with Gasteiger partial charge in [-0.15, -0.1) is 0 Å². The Morgan fingerprint density at radius 1 is 1.08 bits per heavy atom. The summed E-state index contributed by atoms with van der Waals surface area (Å²) in [5.41, 5.74) is 1.12. The number of benzene rings is 3. The number of thioether (sulfide) groups is 1. The summed E-state index contributed by atoms with van der Waals surface area (Å²) < 4.78 is 31.8. The van der Waals surface area contributed by atoms with E-state index in [0.29, 0.717) is 42.2 Å². The predicted molar refractivity (Wildman–Crippen MR) is 153 cm³/mol. The molecule has 0 aromatic heterocycles. The standard InChI is InChI=1S/C27H20FIN4O4S/c1-35-22-13-16(12-21(29)24(22)37-14-17-7-5-6-10-20(17)28)11-19-25(30)33-27(31-26(19)34)38-23(32-33)15-36-18-8-3-2-4-9-18/h2-13,30H,14-15H2,1H3/b19-11-,30-25?. The highest BCUT2D eigenvalue weighted by molar-refractivity contribution is 14.1. The Balaban J connectivity index is 1.35. The number of methoxy groups -OCH3 is 1. The Hall–Kier alpha value is -3.71. The molecule has 3 aromatic carbocycles. The zero-order valence-electron chi connectivity index (χ0n) is 20.0. The van der Waals surface area contributed by atoms with Gasteiger partial charge in [0.2, 0.25) is 5.17 Å². The van der Waals surface area contributed by atoms with Crippen LogP contribution < -0.4 is 14.2 Å². The molecule has 0 bridgehead atoms. The molecule has 0 radical (unpaired) electrons. The molecular weight excluding hydrogens is 622 g/mol. The fourth-order valence-corrected chi connectivity index (χ4v) is 5.23. The van der Waals surface area contributed by atoms with Crippen LogP contribution in [0.1, 0.15) is 11.1 Å². The maximum absolute atomic E-state index is 14.0. The molecule has 2 aliphatic heterocycles. The molecule has 1 N–H and O–H groups in total. The molecule has 11 heteroatoms. The Bertz CT molecular complexity index is 1510. The number of hydrazone groups is 1. The first-order valence-electron chi connectivity index (χ1n) is 11.3. The van der Waals surface area contributed by atoms with E-state index < -0.39 is 5.91 Å². The van der Waals surface area contributed by atoms with Gasteiger partial charge in [0.25, 0.3) is 5.91 Å². The second kappa shape index (κ2) is 11.4. The summed E-state index contributed by atoms with van der Waals surface area (Å²) in [4.78, 5) is 16.9. The average Bonchev–Trinajstić information content (AvgIpc) is 3.33. The number of aliphatic imine (C=N–C) groups is 1. The van der Waals surface area contributed by atoms with Crippen LogP contribution in [-0.2, 0) is 11.4 Å². The van der Waals surface area contributed by atoms with Crippen molar-refractivity contribution in [3.8, 4) is 17.2 Å². The first-order valence-corrected chi connectivity index (χ1v) is 13.2. The van der Waals surface area contributed by atoms with E-state index >= 15 is 0 Å². The number of carbonyl (C=O) groups excluding carboxylic acids is 1. The maximum Gasteiger partial charge on any atom is 0.283 e. The number of hydrogen-bond acceptors (Lipinski definition) is 7. The van der Waals surface area contributed by atoms with Crippen LogP contribution in [0.15, 0.2) is 82.4 Å². The summed E-state index contributed by atoms with van der Waals surface area (Å²) in [6, 6.07) is 19.2. The second-order valence-electron chi connectivity index (χ2n) is 8.03. The van der Waals surface area contributed by atoms with Crippen molar-refractivity contribution in [2.24, 2.45) is 10.1 Å². The quantitative estimate of drug-likeness (QED) is 0.250. The summed E-state index contributed by atoms with van der Waals surface area (Å²) in [5.74, 6) is 0.578. The van der Waals surface area contributed by atoms with E-state index in [1.165, 1.54) is 29.9 Å². The number of nitrogens with zero attached hydrogens (tertiary/aromatic N) is 3. The predicted octanol–water partition coefficient (Wildman–Crippen LogP) is 5.72. The van der Waals surface area contributed by atoms with E-state index in [1.807, 2.05) is 30.3 Å². The molecule has 2 aliphatic rings. The van der Waals surface area contributed by atoms with E-state index in [9.17, 15) is 9.18 Å². The molecule has 0 fully saturated rings. The van der Waals surface area contributed by atoms with Gasteiger partial charge in [-0.3, -0.25) is 10.2 Å². The molecule has 8 nitrogen and oxygen atoms in total. The number of rotatable bonds is 8. The summed E-state index contributed by atoms with van der Waals surface area (Å²) in [7, 11) is 1.50. The van der Waals surface area contributed by atoms with E-state index in [4.69, 9.17) is 19.6 Å². The van der Waals surface area contributed by atoms with Crippen molar-refractivity contribution in [1.29, 1.82) is 5.41 Å². The van der Waals surface area contributed by atoms with Gasteiger partial charge in [0, 0.05) is 5.56 Å². The third-order valence-corrected chi connectivity index (χ3v) is 7.18. The van der Waals surface area contributed by atoms with Crippen molar-refractivity contribution in [2.75, 3.05) is 13.7 Å². The number of para-hydroxylation sites is 1. The van der Waals surface area contributed by atoms with Crippen LogP contribution >= 0.6 is 34.4 Å². The van der Waals surface area contributed by atoms with Gasteiger partial charge < -0.3 is 14.2 Å². The highest BCUT2D eigenvalue weighted by Gasteiger charge is 2.35. The van der Waals surface area contributed by atoms with Crippen LogP contribution in [0.4, 0.5) is 4.39 Å². The molecule has 2 heterocycles. The fraction of sp³-hybridized carbons (Fsp3) is 0.111. The van der Waals surface area contributed by atoms with Gasteiger partial charge in [0.15, 0.2) is 17.3 Å². The Kier molecular flexibility index (Phi) is 7.74. The fourth-order valence-electron chi connectivity index (χ4n) is 3.65. The monoisotopic (exact) mass is 642 g/mol. The highest BCUT2D eigenvalue weighted by Crippen LogP contribution is 2.36. The molecule has 5 rings (SSSR count). The lowest BCUT2D eigenvalue weighted by molar-refractivity contribution is -0.114. The smallest absolute Gasteiger partial charge is 0.283 e. The number of ether oxygens (including phenoxy) is 3. The molecule has 0 atom stereocenters. The van der Waals surface area contributed by atoms with E-state index in [1.54, 1.807) is 36.4 Å². The topological polar surface area (TPSA) is 96.6 Å². The van der Waals surface area contributed by atoms with Crippen LogP contribution in [0.25, 0.3) is 6.08 Å². The molecule has 0 saturated carbocycles. The van der Waals surface area contributed by atoms with Gasteiger partial charge >= 0.3 is 0 Å². The number of nitrogens with one attached hydrogen (secondary N) is 1. The van der Waals surface area contributed by atoms with Crippen molar-refractivity contribution in [3.63, 3.8) is 0 Å². The van der Waals surface area contributed by atoms with Crippen molar-refractivity contribution in [3.05, 3.63) is 92.8 Å². The van der Waals surface area contributed by atoms with Gasteiger partial charge in [-0.05, 0) is 76.3 Å². The minimum atomic E-state index is -0.539. The largest absolute Gasteiger partial charge is 0.493 e. The van der Waals surface area contributed by atoms with Gasteiger partial charge in [-0.2, -0.15) is 15.1 Å². The first kappa shape index (κ1) is 25.9. The highest BCUT2D eigenvalue weighted by atomic mass is 127. The summed E-state index contributed by atoms with van der Waals surface area (Å²) in [6.07, 6.45) is 1.56. The van der Waals surface area contributed by atoms with E-state index in [2.05, 4.69) is 32.7 Å². The van der Waals surface area contributed by atoms with Crippen LogP contribution in [0.2, 0.25) is 0 Å². The zero-order chi connectivity index (χ0) is 26.6. The minimum Gasteiger partial charge on any atom is -0.493 e. The van der Waals surface area contributed by atoms with Gasteiger partial charge in [-0.1, -0.05) is 36.4 Å². The first-order chi connectivity index (χ1) is 18.4. The molecule has 1 amide bonds. The Morgan fingerprint density at radius 2 is 1.84 bits per heavy atom. The lowest BCUT2D eigenvalue weighted by Crippen LogP contribution is -2.35. The normalized spacial score (nSPS) is 15.8. The average molecular weight is 642 g/mol. The van der Waals surface area contributed by atoms with Crippen LogP contribution in [0, 0.1) is 14.8 Å². The van der Waals surface area contributed by atoms with Crippen LogP contribution in [-0.4, -0.2) is 40.7 Å². The van der Waals surface area contributed by atoms with Gasteiger partial charge in [0.1, 0.15) is 29.8 Å². The van der Waals surface area contributed by atoms with Gasteiger partial charge in [-0.25, -0.2) is 4.39 Å². The molecular formula is C27H20FIN4O4S. The zero-order valence-corrected chi connectivity index (χ0v) is 23.0. The third-order valence-electron chi connectivity index (χ3n) is 5.49. The van der Waals surface area contributed by atoms with Gasteiger partial charge in [0.05, 0.1) is 16.3 Å². The lowest BCUT2D eigenvalue weighted by atomic mass is 10.1. The Labute approximate surface area is 235 Å². The molecule has 0 spiro atoms. The maximum atomic E-state index is 14.0. The second-order valence-corrected chi connectivity index (χ2v) is 10.2. The molecule has 0 aliphatic carbocycles. The van der Waals surface area contributed by atoms with Crippen molar-refractivity contribution in [1.82, 2.24) is 5.01 Å². The third kappa shape index (κ3) is 5.58. The molecule has 3 aromatic rings. The van der Waals surface area contributed by atoms with Crippen molar-refractivity contribution >= 4 is 62.4 Å². The summed E-state index contributed by atoms with van der Waals surface area (Å²) >= 11 is 3.28. The number of hydrogen-bond donors (Lipinski definition) is 1. The molecule has 192 valence electrons. The van der Waals surface area contributed by atoms with Crippen molar-refractivity contribution in [2.45, 2.75) is 6.61 Å². The number of fused-ring (bicyclic) bond motifs is 1. The molecule has 38 heavy (non-hydrogen) atoms. The Morgan fingerprint density at radius 3 is 2.61 bits per heavy atom. The number of amidine groups is 2. The van der Waals surface area contributed by atoms with E-state index in [-0.39, 0.29) is 30.4 Å². The summed E-state index contributed by atoms with van der Waals surface area (Å²) in [5, 5.41) is 15.3. The molecule has 0 unspecified atom stereocenters. The minimum absolute atomic E-state index is 0.0288. The number of halogens is 2. The lowest BCUT2D eigenvalue weighted by Gasteiger charge is -2.20. The SMILES string of the molecule is COc1cc(/C=C2/C(=N)N3N=C(COc4ccccc4)SC3=NC2=O)cc(I)c1OCc1ccccc1F. The van der Waals surface area contributed by atoms with Crippen molar-refractivity contribution < 1.29 is 23.4 Å². The molecule has 0 saturated heterocycles. The van der Waals surface area contributed by atoms with Crippen LogP contribution in [0.3, 0.4) is 0 Å².